The van der Waals surface area contributed by atoms with Crippen molar-refractivity contribution in [2.45, 2.75) is 36.5 Å². The van der Waals surface area contributed by atoms with E-state index in [1.54, 1.807) is 0 Å². The van der Waals surface area contributed by atoms with Gasteiger partial charge in [0, 0.05) is 52.0 Å². The topological polar surface area (TPSA) is 64.8 Å². The van der Waals surface area contributed by atoms with Gasteiger partial charge in [0.1, 0.15) is 5.52 Å². The predicted octanol–water partition coefficient (Wildman–Crippen LogP) is 4.30. The van der Waals surface area contributed by atoms with Crippen LogP contribution in [0.4, 0.5) is 0 Å². The van der Waals surface area contributed by atoms with Crippen molar-refractivity contribution in [1.82, 2.24) is 19.9 Å². The lowest BCUT2D eigenvalue weighted by molar-refractivity contribution is 0.312. The van der Waals surface area contributed by atoms with Crippen molar-refractivity contribution in [2.24, 2.45) is 11.3 Å². The highest BCUT2D eigenvalue weighted by atomic mass is 35.5. The van der Waals surface area contributed by atoms with Gasteiger partial charge in [0.05, 0.1) is 11.8 Å². The van der Waals surface area contributed by atoms with Crippen LogP contribution in [-0.2, 0) is 6.54 Å². The van der Waals surface area contributed by atoms with Crippen LogP contribution in [0, 0.1) is 11.3 Å². The third kappa shape index (κ3) is 3.08. The van der Waals surface area contributed by atoms with E-state index in [-0.39, 0.29) is 5.56 Å². The van der Waals surface area contributed by atoms with E-state index in [2.05, 4.69) is 38.9 Å². The quantitative estimate of drug-likeness (QED) is 0.653. The van der Waals surface area contributed by atoms with Crippen molar-refractivity contribution in [3.63, 3.8) is 0 Å². The number of likely N-dealkylation sites (tertiary alicyclic amines) is 1. The first kappa shape index (κ1) is 18.3. The molecule has 0 amide bonds. The Balaban J connectivity index is 1.32. The smallest absolute Gasteiger partial charge is 0.275 e. The number of rotatable bonds is 5. The van der Waals surface area contributed by atoms with Gasteiger partial charge < -0.3 is 9.97 Å². The monoisotopic (exact) mass is 414 g/mol. The van der Waals surface area contributed by atoms with Crippen molar-refractivity contribution >= 4 is 34.4 Å². The lowest BCUT2D eigenvalue weighted by Crippen LogP contribution is -2.21. The lowest BCUT2D eigenvalue weighted by atomic mass is 9.91. The van der Waals surface area contributed by atoms with Gasteiger partial charge in [-0.05, 0) is 36.6 Å². The minimum absolute atomic E-state index is 0.109. The Morgan fingerprint density at radius 2 is 2.14 bits per heavy atom. The molecule has 0 radical (unpaired) electrons. The van der Waals surface area contributed by atoms with Gasteiger partial charge in [-0.2, -0.15) is 0 Å². The molecule has 1 spiro atoms. The molecule has 1 aliphatic carbocycles. The van der Waals surface area contributed by atoms with Gasteiger partial charge in [0.15, 0.2) is 0 Å². The highest BCUT2D eigenvalue weighted by Crippen LogP contribution is 2.64. The Bertz CT molecular complexity index is 1060. The molecule has 1 unspecified atom stereocenters. The van der Waals surface area contributed by atoms with Crippen LogP contribution < -0.4 is 5.56 Å². The first-order valence-electron chi connectivity index (χ1n) is 9.77. The number of benzene rings is 1. The van der Waals surface area contributed by atoms with Gasteiger partial charge in [-0.1, -0.05) is 24.9 Å². The van der Waals surface area contributed by atoms with E-state index in [9.17, 15) is 4.79 Å². The second-order valence-electron chi connectivity index (χ2n) is 8.04. The molecule has 3 heterocycles. The van der Waals surface area contributed by atoms with Crippen LogP contribution in [-0.4, -0.2) is 38.2 Å². The first-order valence-corrected chi connectivity index (χ1v) is 11.0. The summed E-state index contributed by atoms with van der Waals surface area (Å²) in [6.45, 7) is 5.38. The highest BCUT2D eigenvalue weighted by Gasteiger charge is 2.62. The Kier molecular flexibility index (Phi) is 4.53. The maximum absolute atomic E-state index is 11.9. The molecule has 5 nitrogen and oxygen atoms in total. The molecule has 1 aliphatic heterocycles. The molecule has 1 saturated carbocycles. The number of H-pyrrole nitrogens is 2. The molecule has 0 bridgehead atoms. The van der Waals surface area contributed by atoms with Gasteiger partial charge in [0.2, 0.25) is 0 Å². The maximum Gasteiger partial charge on any atom is 0.275 e. The number of fused-ring (bicyclic) bond motifs is 1. The molecule has 3 atom stereocenters. The summed E-state index contributed by atoms with van der Waals surface area (Å²) >= 11 is 8.02. The standard InChI is InChI=1S/C21H23ClN4OS/c1-2-14-10-26(9-13-8-23-19-18(13)24-12-25-20(19)27)11-21(14)7-17(21)28-16-5-3-15(22)4-6-16/h3-6,8,12,14,17,23H,2,7,9-11H2,1H3,(H,24,25,27)/t14?,17-,21+/m0/s1. The first-order chi connectivity index (χ1) is 13.6. The molecule has 2 fully saturated rings. The second kappa shape index (κ2) is 6.94. The number of thioether (sulfide) groups is 1. The molecule has 1 saturated heterocycles. The summed E-state index contributed by atoms with van der Waals surface area (Å²) in [5.74, 6) is 0.721. The van der Waals surface area contributed by atoms with Crippen molar-refractivity contribution in [3.05, 3.63) is 57.7 Å². The minimum atomic E-state index is -0.109. The SMILES string of the molecule is CCC1CN(Cc2c[nH]c3c(=O)[nH]cnc23)C[C@]12C[C@@H]2Sc1ccc(Cl)cc1. The number of hydrogen-bond acceptors (Lipinski definition) is 4. The zero-order chi connectivity index (χ0) is 19.3. The zero-order valence-corrected chi connectivity index (χ0v) is 17.3. The van der Waals surface area contributed by atoms with Crippen molar-refractivity contribution in [2.75, 3.05) is 13.1 Å². The fourth-order valence-corrected chi connectivity index (χ4v) is 6.49. The van der Waals surface area contributed by atoms with E-state index in [1.807, 2.05) is 30.1 Å². The van der Waals surface area contributed by atoms with Crippen molar-refractivity contribution in [1.29, 1.82) is 0 Å². The van der Waals surface area contributed by atoms with E-state index >= 15 is 0 Å². The fraction of sp³-hybridized carbons (Fsp3) is 0.429. The third-order valence-corrected chi connectivity index (χ3v) is 8.10. The van der Waals surface area contributed by atoms with E-state index in [0.717, 1.165) is 41.7 Å². The number of nitrogens with zero attached hydrogens (tertiary/aromatic N) is 2. The molecule has 2 aliphatic rings. The summed E-state index contributed by atoms with van der Waals surface area (Å²) in [5.41, 5.74) is 2.77. The number of nitrogens with one attached hydrogen (secondary N) is 2. The summed E-state index contributed by atoms with van der Waals surface area (Å²) in [4.78, 5) is 25.9. The lowest BCUT2D eigenvalue weighted by Gasteiger charge is -2.17. The fourth-order valence-electron chi connectivity index (χ4n) is 4.84. The van der Waals surface area contributed by atoms with Crippen LogP contribution in [0.15, 0.2) is 46.5 Å². The zero-order valence-electron chi connectivity index (χ0n) is 15.7. The van der Waals surface area contributed by atoms with E-state index < -0.39 is 0 Å². The van der Waals surface area contributed by atoms with Gasteiger partial charge in [-0.25, -0.2) is 4.98 Å². The number of aromatic nitrogens is 3. The largest absolute Gasteiger partial charge is 0.355 e. The Morgan fingerprint density at radius 1 is 1.32 bits per heavy atom. The molecule has 146 valence electrons. The van der Waals surface area contributed by atoms with E-state index in [4.69, 9.17) is 11.6 Å². The molecule has 28 heavy (non-hydrogen) atoms. The average molecular weight is 415 g/mol. The molecule has 2 aromatic heterocycles. The van der Waals surface area contributed by atoms with Crippen LogP contribution in [0.2, 0.25) is 5.02 Å². The Labute approximate surface area is 172 Å². The number of aromatic amines is 2. The molecule has 5 rings (SSSR count). The molecular formula is C21H23ClN4OS. The summed E-state index contributed by atoms with van der Waals surface area (Å²) < 4.78 is 0. The van der Waals surface area contributed by atoms with Gasteiger partial charge in [-0.3, -0.25) is 9.69 Å². The molecule has 2 N–H and O–H groups in total. The molecule has 3 aromatic rings. The van der Waals surface area contributed by atoms with Crippen LogP contribution in [0.3, 0.4) is 0 Å². The molecule has 1 aromatic carbocycles. The van der Waals surface area contributed by atoms with Crippen molar-refractivity contribution in [3.8, 4) is 0 Å². The number of halogens is 1. The summed E-state index contributed by atoms with van der Waals surface area (Å²) in [6, 6.07) is 8.20. The average Bonchev–Trinajstić information content (AvgIpc) is 3.03. The van der Waals surface area contributed by atoms with Gasteiger partial charge in [-0.15, -0.1) is 11.8 Å². The second-order valence-corrected chi connectivity index (χ2v) is 9.75. The Hall–Kier alpha value is -1.76. The summed E-state index contributed by atoms with van der Waals surface area (Å²) in [6.07, 6.45) is 5.91. The Morgan fingerprint density at radius 3 is 2.93 bits per heavy atom. The molecule has 7 heteroatoms. The normalized spacial score (nSPS) is 27.1. The minimum Gasteiger partial charge on any atom is -0.355 e. The molecular weight excluding hydrogens is 392 g/mol. The van der Waals surface area contributed by atoms with Gasteiger partial charge in [0.25, 0.3) is 5.56 Å². The highest BCUT2D eigenvalue weighted by molar-refractivity contribution is 8.00. The maximum atomic E-state index is 11.9. The van der Waals surface area contributed by atoms with Crippen LogP contribution in [0.5, 0.6) is 0 Å². The van der Waals surface area contributed by atoms with Crippen molar-refractivity contribution < 1.29 is 0 Å². The van der Waals surface area contributed by atoms with E-state index in [0.29, 0.717) is 16.2 Å². The third-order valence-electron chi connectivity index (χ3n) is 6.38. The predicted molar refractivity (Wildman–Crippen MR) is 114 cm³/mol. The van der Waals surface area contributed by atoms with E-state index in [1.165, 1.54) is 24.1 Å². The van der Waals surface area contributed by atoms with Crippen LogP contribution >= 0.6 is 23.4 Å². The summed E-state index contributed by atoms with van der Waals surface area (Å²) in [7, 11) is 0. The number of hydrogen-bond donors (Lipinski definition) is 2. The van der Waals surface area contributed by atoms with Gasteiger partial charge >= 0.3 is 0 Å². The van der Waals surface area contributed by atoms with Crippen LogP contribution in [0.1, 0.15) is 25.3 Å². The summed E-state index contributed by atoms with van der Waals surface area (Å²) in [5, 5.41) is 1.46. The van der Waals surface area contributed by atoms with Crippen LogP contribution in [0.25, 0.3) is 11.0 Å².